The normalized spacial score (nSPS) is 16.5. The van der Waals surface area contributed by atoms with E-state index in [9.17, 15) is 14.4 Å². The molecule has 23 heavy (non-hydrogen) atoms. The number of rotatable bonds is 6. The van der Waals surface area contributed by atoms with E-state index in [1.54, 1.807) is 0 Å². The second-order valence-corrected chi connectivity index (χ2v) is 5.59. The first kappa shape index (κ1) is 17.0. The quantitative estimate of drug-likeness (QED) is 0.716. The molecule has 1 aromatic carbocycles. The van der Waals surface area contributed by atoms with Gasteiger partial charge in [0.1, 0.15) is 0 Å². The van der Waals surface area contributed by atoms with Crippen molar-refractivity contribution in [3.63, 3.8) is 0 Å². The summed E-state index contributed by atoms with van der Waals surface area (Å²) >= 11 is 0. The highest BCUT2D eigenvalue weighted by Crippen LogP contribution is 2.21. The Kier molecular flexibility index (Phi) is 5.70. The van der Waals surface area contributed by atoms with Gasteiger partial charge in [-0.05, 0) is 37.0 Å². The van der Waals surface area contributed by atoms with E-state index in [4.69, 9.17) is 15.6 Å². The van der Waals surface area contributed by atoms with Gasteiger partial charge in [-0.15, -0.1) is 0 Å². The zero-order chi connectivity index (χ0) is 16.8. The second-order valence-electron chi connectivity index (χ2n) is 5.59. The third-order valence-corrected chi connectivity index (χ3v) is 3.94. The van der Waals surface area contributed by atoms with Gasteiger partial charge < -0.3 is 20.9 Å². The molecule has 0 radical (unpaired) electrons. The standard InChI is InChI=1S/C16H20N2O5/c17-14(19)9-13(10-4-6-23-7-5-10)18-15(20)11-2-1-3-12(8-11)16(21)22/h1-3,8,10,13H,4-7,9H2,(H2,17,19)(H,18,20)(H,21,22). The molecule has 0 spiro atoms. The van der Waals surface area contributed by atoms with Gasteiger partial charge in [0, 0.05) is 31.2 Å². The summed E-state index contributed by atoms with van der Waals surface area (Å²) in [6, 6.07) is 5.39. The SMILES string of the molecule is NC(=O)CC(NC(=O)c1cccc(C(=O)O)c1)C1CCOCC1. The smallest absolute Gasteiger partial charge is 0.335 e. The number of benzene rings is 1. The van der Waals surface area contributed by atoms with Crippen molar-refractivity contribution in [2.24, 2.45) is 11.7 Å². The zero-order valence-corrected chi connectivity index (χ0v) is 12.7. The molecule has 0 aliphatic carbocycles. The third-order valence-electron chi connectivity index (χ3n) is 3.94. The highest BCUT2D eigenvalue weighted by molar-refractivity contribution is 5.97. The van der Waals surface area contributed by atoms with Crippen molar-refractivity contribution >= 4 is 17.8 Å². The molecule has 1 atom stereocenters. The van der Waals surface area contributed by atoms with Gasteiger partial charge >= 0.3 is 5.97 Å². The summed E-state index contributed by atoms with van der Waals surface area (Å²) in [6.07, 6.45) is 1.54. The highest BCUT2D eigenvalue weighted by atomic mass is 16.5. The van der Waals surface area contributed by atoms with Crippen LogP contribution in [0.5, 0.6) is 0 Å². The van der Waals surface area contributed by atoms with Gasteiger partial charge in [0.15, 0.2) is 0 Å². The van der Waals surface area contributed by atoms with Gasteiger partial charge in [0.2, 0.25) is 5.91 Å². The minimum Gasteiger partial charge on any atom is -0.478 e. The van der Waals surface area contributed by atoms with E-state index in [0.717, 1.165) is 12.8 Å². The second kappa shape index (κ2) is 7.73. The number of carbonyl (C=O) groups excluding carboxylic acids is 2. The van der Waals surface area contributed by atoms with Crippen LogP contribution in [0.3, 0.4) is 0 Å². The van der Waals surface area contributed by atoms with Gasteiger partial charge in [-0.3, -0.25) is 9.59 Å². The molecule has 0 saturated carbocycles. The van der Waals surface area contributed by atoms with Crippen LogP contribution in [-0.2, 0) is 9.53 Å². The van der Waals surface area contributed by atoms with E-state index in [2.05, 4.69) is 5.32 Å². The molecule has 7 nitrogen and oxygen atoms in total. The Bertz CT molecular complexity index is 596. The van der Waals surface area contributed by atoms with E-state index in [0.29, 0.717) is 13.2 Å². The lowest BCUT2D eigenvalue weighted by Crippen LogP contribution is -2.44. The minimum atomic E-state index is -1.10. The molecule has 7 heteroatoms. The molecule has 1 aliphatic heterocycles. The molecule has 1 saturated heterocycles. The van der Waals surface area contributed by atoms with Crippen LogP contribution in [0.4, 0.5) is 0 Å². The number of primary amides is 1. The number of amides is 2. The van der Waals surface area contributed by atoms with Crippen LogP contribution in [0.1, 0.15) is 40.0 Å². The molecule has 1 heterocycles. The number of carboxylic acid groups (broad SMARTS) is 1. The van der Waals surface area contributed by atoms with Crippen LogP contribution in [0.15, 0.2) is 24.3 Å². The Labute approximate surface area is 133 Å². The lowest BCUT2D eigenvalue weighted by Gasteiger charge is -2.30. The van der Waals surface area contributed by atoms with Crippen LogP contribution < -0.4 is 11.1 Å². The number of hydrogen-bond acceptors (Lipinski definition) is 4. The molecule has 124 valence electrons. The van der Waals surface area contributed by atoms with E-state index in [-0.39, 0.29) is 29.5 Å². The maximum atomic E-state index is 12.4. The molecular weight excluding hydrogens is 300 g/mol. The van der Waals surface area contributed by atoms with Crippen molar-refractivity contribution in [3.05, 3.63) is 35.4 Å². The van der Waals surface area contributed by atoms with Crippen molar-refractivity contribution in [1.82, 2.24) is 5.32 Å². The Balaban J connectivity index is 2.11. The fourth-order valence-electron chi connectivity index (χ4n) is 2.72. The largest absolute Gasteiger partial charge is 0.478 e. The van der Waals surface area contributed by atoms with E-state index < -0.39 is 17.8 Å². The average Bonchev–Trinajstić information content (AvgIpc) is 2.54. The number of nitrogens with two attached hydrogens (primary N) is 1. The number of carboxylic acids is 1. The first-order valence-electron chi connectivity index (χ1n) is 7.47. The van der Waals surface area contributed by atoms with Crippen LogP contribution >= 0.6 is 0 Å². The monoisotopic (exact) mass is 320 g/mol. The van der Waals surface area contributed by atoms with Gasteiger partial charge in [-0.2, -0.15) is 0 Å². The summed E-state index contributed by atoms with van der Waals surface area (Å²) in [5.74, 6) is -1.88. The minimum absolute atomic E-state index is 0.0372. The average molecular weight is 320 g/mol. The van der Waals surface area contributed by atoms with Crippen molar-refractivity contribution in [1.29, 1.82) is 0 Å². The number of carbonyl (C=O) groups is 3. The summed E-state index contributed by atoms with van der Waals surface area (Å²) in [6.45, 7) is 1.18. The lowest BCUT2D eigenvalue weighted by molar-refractivity contribution is -0.118. The first-order chi connectivity index (χ1) is 11.0. The van der Waals surface area contributed by atoms with Crippen molar-refractivity contribution < 1.29 is 24.2 Å². The topological polar surface area (TPSA) is 119 Å². The molecule has 2 amide bonds. The summed E-state index contributed by atoms with van der Waals surface area (Å²) in [5, 5.41) is 11.8. The van der Waals surface area contributed by atoms with Gasteiger partial charge in [-0.1, -0.05) is 6.07 Å². The molecule has 1 aromatic rings. The maximum Gasteiger partial charge on any atom is 0.335 e. The lowest BCUT2D eigenvalue weighted by atomic mass is 9.89. The van der Waals surface area contributed by atoms with E-state index in [1.807, 2.05) is 0 Å². The molecule has 2 rings (SSSR count). The molecule has 0 bridgehead atoms. The number of aromatic carboxylic acids is 1. The summed E-state index contributed by atoms with van der Waals surface area (Å²) in [7, 11) is 0. The van der Waals surface area contributed by atoms with Crippen LogP contribution in [-0.4, -0.2) is 42.1 Å². The number of nitrogens with one attached hydrogen (secondary N) is 1. The first-order valence-corrected chi connectivity index (χ1v) is 7.47. The number of ether oxygens (including phenoxy) is 1. The van der Waals surface area contributed by atoms with E-state index in [1.165, 1.54) is 24.3 Å². The summed E-state index contributed by atoms with van der Waals surface area (Å²) < 4.78 is 5.29. The molecular formula is C16H20N2O5. The fourth-order valence-corrected chi connectivity index (χ4v) is 2.72. The van der Waals surface area contributed by atoms with Gasteiger partial charge in [0.25, 0.3) is 5.91 Å². The third kappa shape index (κ3) is 4.79. The maximum absolute atomic E-state index is 12.4. The van der Waals surface area contributed by atoms with Gasteiger partial charge in [0.05, 0.1) is 5.56 Å². The molecule has 0 aromatic heterocycles. The van der Waals surface area contributed by atoms with E-state index >= 15 is 0 Å². The Morgan fingerprint density at radius 1 is 1.26 bits per heavy atom. The Morgan fingerprint density at radius 2 is 1.91 bits per heavy atom. The molecule has 1 fully saturated rings. The molecule has 4 N–H and O–H groups in total. The van der Waals surface area contributed by atoms with Crippen molar-refractivity contribution in [2.75, 3.05) is 13.2 Å². The fraction of sp³-hybridized carbons (Fsp3) is 0.438. The Hall–Kier alpha value is -2.41. The molecule has 1 unspecified atom stereocenters. The van der Waals surface area contributed by atoms with Crippen LogP contribution in [0.2, 0.25) is 0 Å². The van der Waals surface area contributed by atoms with Crippen LogP contribution in [0, 0.1) is 5.92 Å². The molecule has 1 aliphatic rings. The predicted octanol–water partition coefficient (Wildman–Crippen LogP) is 0.785. The Morgan fingerprint density at radius 3 is 2.52 bits per heavy atom. The van der Waals surface area contributed by atoms with Crippen molar-refractivity contribution in [3.8, 4) is 0 Å². The predicted molar refractivity (Wildman–Crippen MR) is 82.0 cm³/mol. The van der Waals surface area contributed by atoms with Crippen molar-refractivity contribution in [2.45, 2.75) is 25.3 Å². The summed E-state index contributed by atoms with van der Waals surface area (Å²) in [5.41, 5.74) is 5.56. The zero-order valence-electron chi connectivity index (χ0n) is 12.7. The number of hydrogen-bond donors (Lipinski definition) is 3. The van der Waals surface area contributed by atoms with Crippen LogP contribution in [0.25, 0.3) is 0 Å². The van der Waals surface area contributed by atoms with Gasteiger partial charge in [-0.25, -0.2) is 4.79 Å². The summed E-state index contributed by atoms with van der Waals surface area (Å²) in [4.78, 5) is 34.6. The highest BCUT2D eigenvalue weighted by Gasteiger charge is 2.27.